The van der Waals surface area contributed by atoms with E-state index in [2.05, 4.69) is 21.7 Å². The van der Waals surface area contributed by atoms with E-state index in [0.717, 1.165) is 28.9 Å². The highest BCUT2D eigenvalue weighted by Gasteiger charge is 2.16. The van der Waals surface area contributed by atoms with Crippen LogP contribution in [-0.4, -0.2) is 39.1 Å². The molecule has 0 aromatic heterocycles. The maximum absolute atomic E-state index is 13.1. The van der Waals surface area contributed by atoms with Crippen molar-refractivity contribution in [1.82, 2.24) is 10.6 Å². The van der Waals surface area contributed by atoms with E-state index in [-0.39, 0.29) is 29.8 Å². The third-order valence-electron chi connectivity index (χ3n) is 4.72. The third kappa shape index (κ3) is 8.17. The van der Waals surface area contributed by atoms with E-state index in [4.69, 9.17) is 10.5 Å². The minimum Gasteiger partial charge on any atom is -0.496 e. The molecular weight excluding hydrogens is 498 g/mol. The van der Waals surface area contributed by atoms with Gasteiger partial charge in [-0.3, -0.25) is 9.79 Å². The summed E-state index contributed by atoms with van der Waals surface area (Å²) in [4.78, 5) is 16.0. The van der Waals surface area contributed by atoms with Gasteiger partial charge in [0, 0.05) is 20.1 Å². The molecule has 2 rings (SSSR count). The topological polar surface area (TPSA) is 88.7 Å². The van der Waals surface area contributed by atoms with E-state index in [1.165, 1.54) is 12.1 Å². The molecule has 2 aromatic carbocycles. The van der Waals surface area contributed by atoms with Crippen LogP contribution < -0.4 is 21.1 Å². The Kier molecular flexibility index (Phi) is 11.2. The second-order valence-electron chi connectivity index (χ2n) is 6.86. The van der Waals surface area contributed by atoms with E-state index in [1.807, 2.05) is 19.1 Å². The van der Waals surface area contributed by atoms with E-state index >= 15 is 0 Å². The number of methoxy groups -OCH3 is 1. The van der Waals surface area contributed by atoms with E-state index < -0.39 is 11.8 Å². The van der Waals surface area contributed by atoms with Crippen LogP contribution in [0.2, 0.25) is 0 Å². The molecule has 0 aliphatic carbocycles. The number of nitrogens with zero attached hydrogens (tertiary/aromatic N) is 1. The quantitative estimate of drug-likeness (QED) is 0.266. The van der Waals surface area contributed by atoms with Gasteiger partial charge in [0.15, 0.2) is 5.96 Å². The van der Waals surface area contributed by atoms with Gasteiger partial charge in [-0.1, -0.05) is 24.3 Å². The molecule has 164 valence electrons. The summed E-state index contributed by atoms with van der Waals surface area (Å²) in [7, 11) is 3.33. The molecule has 1 atom stereocenters. The maximum atomic E-state index is 13.1. The molecule has 0 spiro atoms. The van der Waals surface area contributed by atoms with Gasteiger partial charge in [-0.2, -0.15) is 0 Å². The van der Waals surface area contributed by atoms with Crippen LogP contribution in [0.25, 0.3) is 0 Å². The highest BCUT2D eigenvalue weighted by Crippen LogP contribution is 2.19. The van der Waals surface area contributed by atoms with Crippen molar-refractivity contribution >= 4 is 35.8 Å². The highest BCUT2D eigenvalue weighted by molar-refractivity contribution is 14.0. The van der Waals surface area contributed by atoms with E-state index in [1.54, 1.807) is 26.3 Å². The molecule has 6 nitrogen and oxygen atoms in total. The Balaban J connectivity index is 0.00000450. The minimum atomic E-state index is -0.430. The third-order valence-corrected chi connectivity index (χ3v) is 4.72. The van der Waals surface area contributed by atoms with Gasteiger partial charge in [0.2, 0.25) is 5.91 Å². The number of aliphatic imine (C=N–C) groups is 1. The predicted molar refractivity (Wildman–Crippen MR) is 129 cm³/mol. The number of aryl methyl sites for hydroxylation is 1. The molecule has 30 heavy (non-hydrogen) atoms. The number of amides is 1. The van der Waals surface area contributed by atoms with Crippen molar-refractivity contribution in [2.24, 2.45) is 16.6 Å². The van der Waals surface area contributed by atoms with E-state index in [9.17, 15) is 9.18 Å². The lowest BCUT2D eigenvalue weighted by atomic mass is 9.98. The van der Waals surface area contributed by atoms with Gasteiger partial charge >= 0.3 is 0 Å². The standard InChI is InChI=1S/C22H29FN4O2.HI/c1-15-4-5-17(13-20(15)29-3)10-11-26-22(25-2)27-14-18(21(24)28)12-16-6-8-19(23)9-7-16;/h4-9,13,18H,10-12,14H2,1-3H3,(H2,24,28)(H2,25,26,27);1H. The molecule has 0 saturated heterocycles. The summed E-state index contributed by atoms with van der Waals surface area (Å²) in [5.74, 6) is 0.312. The molecule has 0 bridgehead atoms. The number of nitrogens with one attached hydrogen (secondary N) is 2. The lowest BCUT2D eigenvalue weighted by Gasteiger charge is -2.17. The van der Waals surface area contributed by atoms with Crippen molar-refractivity contribution in [2.75, 3.05) is 27.2 Å². The van der Waals surface area contributed by atoms with Crippen molar-refractivity contribution < 1.29 is 13.9 Å². The largest absolute Gasteiger partial charge is 0.496 e. The van der Waals surface area contributed by atoms with Crippen LogP contribution in [-0.2, 0) is 17.6 Å². The Labute approximate surface area is 194 Å². The number of carbonyl (C=O) groups is 1. The van der Waals surface area contributed by atoms with Crippen molar-refractivity contribution in [3.63, 3.8) is 0 Å². The molecule has 1 amide bonds. The number of guanidine groups is 1. The lowest BCUT2D eigenvalue weighted by Crippen LogP contribution is -2.43. The molecule has 8 heteroatoms. The van der Waals surface area contributed by atoms with Crippen molar-refractivity contribution in [1.29, 1.82) is 0 Å². The Morgan fingerprint density at radius 1 is 1.17 bits per heavy atom. The number of carbonyl (C=O) groups excluding carboxylic acids is 1. The van der Waals surface area contributed by atoms with Gasteiger partial charge < -0.3 is 21.1 Å². The molecule has 0 radical (unpaired) electrons. The zero-order valence-electron chi connectivity index (χ0n) is 17.6. The van der Waals surface area contributed by atoms with Gasteiger partial charge in [0.05, 0.1) is 13.0 Å². The number of halogens is 2. The SMILES string of the molecule is CN=C(NCCc1ccc(C)c(OC)c1)NCC(Cc1ccc(F)cc1)C(N)=O.I. The van der Waals surface area contributed by atoms with Crippen molar-refractivity contribution in [3.8, 4) is 5.75 Å². The summed E-state index contributed by atoms with van der Waals surface area (Å²) < 4.78 is 18.4. The highest BCUT2D eigenvalue weighted by atomic mass is 127. The van der Waals surface area contributed by atoms with Gasteiger partial charge in [-0.15, -0.1) is 24.0 Å². The summed E-state index contributed by atoms with van der Waals surface area (Å²) >= 11 is 0. The Morgan fingerprint density at radius 3 is 2.43 bits per heavy atom. The van der Waals surface area contributed by atoms with Gasteiger partial charge in [0.25, 0.3) is 0 Å². The Hall–Kier alpha value is -2.36. The number of rotatable bonds is 9. The number of primary amides is 1. The first-order valence-corrected chi connectivity index (χ1v) is 9.54. The average molecular weight is 528 g/mol. The number of hydrogen-bond acceptors (Lipinski definition) is 3. The number of benzene rings is 2. The van der Waals surface area contributed by atoms with Crippen molar-refractivity contribution in [2.45, 2.75) is 19.8 Å². The predicted octanol–water partition coefficient (Wildman–Crippen LogP) is 2.81. The fourth-order valence-electron chi connectivity index (χ4n) is 2.96. The molecule has 0 aliphatic rings. The van der Waals surface area contributed by atoms with Gasteiger partial charge in [0.1, 0.15) is 11.6 Å². The fraction of sp³-hybridized carbons (Fsp3) is 0.364. The maximum Gasteiger partial charge on any atom is 0.222 e. The molecule has 0 saturated carbocycles. The lowest BCUT2D eigenvalue weighted by molar-refractivity contribution is -0.121. The number of ether oxygens (including phenoxy) is 1. The molecular formula is C22H30FIN4O2. The minimum absolute atomic E-state index is 0. The summed E-state index contributed by atoms with van der Waals surface area (Å²) in [5, 5.41) is 6.37. The molecule has 0 heterocycles. The number of hydrogen-bond donors (Lipinski definition) is 3. The zero-order valence-corrected chi connectivity index (χ0v) is 19.9. The Morgan fingerprint density at radius 2 is 1.83 bits per heavy atom. The molecule has 0 fully saturated rings. The molecule has 1 unspecified atom stereocenters. The monoisotopic (exact) mass is 528 g/mol. The Bertz CT molecular complexity index is 844. The normalized spacial score (nSPS) is 11.9. The first-order chi connectivity index (χ1) is 13.9. The zero-order chi connectivity index (χ0) is 21.2. The van der Waals surface area contributed by atoms with Gasteiger partial charge in [-0.05, 0) is 54.7 Å². The second kappa shape index (κ2) is 13.0. The van der Waals surface area contributed by atoms with Crippen molar-refractivity contribution in [3.05, 3.63) is 65.0 Å². The van der Waals surface area contributed by atoms with Crippen LogP contribution in [0.5, 0.6) is 5.75 Å². The van der Waals surface area contributed by atoms with Crippen LogP contribution in [0.4, 0.5) is 4.39 Å². The van der Waals surface area contributed by atoms with Crippen LogP contribution in [0.15, 0.2) is 47.5 Å². The first-order valence-electron chi connectivity index (χ1n) is 9.54. The summed E-state index contributed by atoms with van der Waals surface area (Å²) in [6.45, 7) is 3.02. The molecule has 4 N–H and O–H groups in total. The first kappa shape index (κ1) is 25.7. The van der Waals surface area contributed by atoms with Crippen LogP contribution in [0.3, 0.4) is 0 Å². The van der Waals surface area contributed by atoms with Crippen LogP contribution >= 0.6 is 24.0 Å². The molecule has 0 aliphatic heterocycles. The molecule has 2 aromatic rings. The number of nitrogens with two attached hydrogens (primary N) is 1. The summed E-state index contributed by atoms with van der Waals surface area (Å²) in [5.41, 5.74) is 8.64. The smallest absolute Gasteiger partial charge is 0.222 e. The average Bonchev–Trinajstić information content (AvgIpc) is 2.71. The van der Waals surface area contributed by atoms with E-state index in [0.29, 0.717) is 25.5 Å². The van der Waals surface area contributed by atoms with Crippen LogP contribution in [0, 0.1) is 18.7 Å². The van der Waals surface area contributed by atoms with Gasteiger partial charge in [-0.25, -0.2) is 4.39 Å². The van der Waals surface area contributed by atoms with Crippen LogP contribution in [0.1, 0.15) is 16.7 Å². The second-order valence-corrected chi connectivity index (χ2v) is 6.86. The summed E-state index contributed by atoms with van der Waals surface area (Å²) in [6, 6.07) is 12.2. The summed E-state index contributed by atoms with van der Waals surface area (Å²) in [6.07, 6.45) is 1.23. The fourth-order valence-corrected chi connectivity index (χ4v) is 2.96.